The highest BCUT2D eigenvalue weighted by Crippen LogP contribution is 2.23. The average Bonchev–Trinajstić information content (AvgIpc) is 2.56. The molecule has 3 atom stereocenters. The molecule has 0 rings (SSSR count). The Bertz CT molecular complexity index is 501. The molecule has 1 N–H and O–H groups in total. The molecule has 0 radical (unpaired) electrons. The van der Waals surface area contributed by atoms with Crippen LogP contribution in [0.3, 0.4) is 0 Å². The number of likely N-dealkylation sites (N-methyl/N-ethyl adjacent to an activating group) is 2. The van der Waals surface area contributed by atoms with Gasteiger partial charge in [-0.1, -0.05) is 49.3 Å². The number of carbonyl (C=O) groups excluding carboxylic acids is 3. The minimum atomic E-state index is -0.725. The van der Waals surface area contributed by atoms with Gasteiger partial charge in [0.1, 0.15) is 18.7 Å². The maximum atomic E-state index is 12.9. The topological polar surface area (TPSA) is 79.0 Å². The van der Waals surface area contributed by atoms with Crippen LogP contribution in [-0.2, 0) is 14.3 Å². The fraction of sp³-hybridized carbons (Fsp3) is 0.833. The van der Waals surface area contributed by atoms with Gasteiger partial charge in [0.2, 0.25) is 11.8 Å². The Morgan fingerprint density at radius 1 is 1.00 bits per heavy atom. The summed E-state index contributed by atoms with van der Waals surface area (Å²) >= 11 is 0. The van der Waals surface area contributed by atoms with E-state index >= 15 is 0 Å². The minimum absolute atomic E-state index is 0.0710. The Morgan fingerprint density at radius 3 is 1.96 bits per heavy atom. The van der Waals surface area contributed by atoms with Crippen LogP contribution in [0.5, 0.6) is 0 Å². The first-order valence-corrected chi connectivity index (χ1v) is 11.7. The van der Waals surface area contributed by atoms with Crippen LogP contribution in [0, 0.1) is 11.8 Å². The molecule has 0 saturated heterocycles. The monoisotopic (exact) mass is 421 g/mol. The Morgan fingerprint density at radius 2 is 1.56 bits per heavy atom. The molecule has 0 bridgehead atoms. The average molecular weight is 422 g/mol. The molecule has 0 aromatic rings. The zero-order valence-electron chi connectivity index (χ0n) is 17.9. The second-order valence-electron chi connectivity index (χ2n) is 7.41. The van der Waals surface area contributed by atoms with E-state index in [2.05, 4.69) is 5.32 Å². The van der Waals surface area contributed by atoms with E-state index in [0.29, 0.717) is 0 Å². The molecule has 0 saturated carbocycles. The van der Waals surface area contributed by atoms with E-state index in [1.807, 2.05) is 40.9 Å². The summed E-state index contributed by atoms with van der Waals surface area (Å²) in [4.78, 5) is 40.4. The van der Waals surface area contributed by atoms with Gasteiger partial charge in [0, 0.05) is 26.4 Å². The maximum absolute atomic E-state index is 12.9. The SMILES string of the molecule is CSS[C@H](C)COC(=O)N(C)[C@H](C(=O)N[C@H](C(=O)N(C)C)C(C)C)C(C)C. The number of nitrogens with one attached hydrogen (secondary N) is 1. The van der Waals surface area contributed by atoms with Gasteiger partial charge in [-0.2, -0.15) is 0 Å². The molecule has 0 aliphatic heterocycles. The van der Waals surface area contributed by atoms with Gasteiger partial charge in [-0.3, -0.25) is 14.5 Å². The number of amides is 3. The van der Waals surface area contributed by atoms with E-state index in [9.17, 15) is 14.4 Å². The minimum Gasteiger partial charge on any atom is -0.448 e. The number of carbonyl (C=O) groups is 3. The molecule has 9 heteroatoms. The van der Waals surface area contributed by atoms with Gasteiger partial charge in [-0.25, -0.2) is 4.79 Å². The molecular weight excluding hydrogens is 386 g/mol. The molecule has 0 heterocycles. The van der Waals surface area contributed by atoms with Crippen molar-refractivity contribution in [2.75, 3.05) is 34.0 Å². The second-order valence-corrected chi connectivity index (χ2v) is 10.3. The van der Waals surface area contributed by atoms with E-state index in [-0.39, 0.29) is 35.5 Å². The fourth-order valence-electron chi connectivity index (χ4n) is 2.55. The van der Waals surface area contributed by atoms with Crippen LogP contribution in [0.25, 0.3) is 0 Å². The van der Waals surface area contributed by atoms with Gasteiger partial charge < -0.3 is 15.0 Å². The summed E-state index contributed by atoms with van der Waals surface area (Å²) in [6.45, 7) is 9.71. The maximum Gasteiger partial charge on any atom is 0.410 e. The van der Waals surface area contributed by atoms with Crippen molar-refractivity contribution in [3.05, 3.63) is 0 Å². The summed E-state index contributed by atoms with van der Waals surface area (Å²) in [6, 6.07) is -1.37. The molecule has 0 aliphatic rings. The third-order valence-corrected chi connectivity index (χ3v) is 6.20. The quantitative estimate of drug-likeness (QED) is 0.547. The van der Waals surface area contributed by atoms with Crippen LogP contribution >= 0.6 is 21.6 Å². The molecule has 0 spiro atoms. The standard InChI is InChI=1S/C18H35N3O4S2/c1-11(2)14(17(23)20(6)7)19-16(22)15(12(3)4)21(8)18(24)25-10-13(5)27-26-9/h11-15H,10H2,1-9H3,(H,19,22)/t13-,14+,15+/m1/s1. The van der Waals surface area contributed by atoms with Crippen molar-refractivity contribution in [1.29, 1.82) is 0 Å². The lowest BCUT2D eigenvalue weighted by Crippen LogP contribution is -2.57. The molecule has 0 aliphatic carbocycles. The van der Waals surface area contributed by atoms with E-state index in [0.717, 1.165) is 0 Å². The van der Waals surface area contributed by atoms with Crippen molar-refractivity contribution in [1.82, 2.24) is 15.1 Å². The Kier molecular flexibility index (Phi) is 11.9. The molecule has 0 unspecified atom stereocenters. The molecular formula is C18H35N3O4S2. The number of hydrogen-bond acceptors (Lipinski definition) is 6. The van der Waals surface area contributed by atoms with Gasteiger partial charge in [0.25, 0.3) is 0 Å². The molecule has 27 heavy (non-hydrogen) atoms. The normalized spacial score (nSPS) is 14.5. The Hall–Kier alpha value is -1.09. The molecule has 158 valence electrons. The molecule has 0 aromatic heterocycles. The summed E-state index contributed by atoms with van der Waals surface area (Å²) in [5, 5.41) is 2.97. The first-order valence-electron chi connectivity index (χ1n) is 9.04. The third kappa shape index (κ3) is 8.64. The Balaban J connectivity index is 5.15. The van der Waals surface area contributed by atoms with Gasteiger partial charge in [-0.05, 0) is 25.0 Å². The van der Waals surface area contributed by atoms with Crippen molar-refractivity contribution in [3.8, 4) is 0 Å². The van der Waals surface area contributed by atoms with Gasteiger partial charge in [-0.15, -0.1) is 0 Å². The first-order chi connectivity index (χ1) is 12.4. The van der Waals surface area contributed by atoms with Crippen molar-refractivity contribution < 1.29 is 19.1 Å². The van der Waals surface area contributed by atoms with Gasteiger partial charge >= 0.3 is 6.09 Å². The lowest BCUT2D eigenvalue weighted by molar-refractivity contribution is -0.137. The van der Waals surface area contributed by atoms with E-state index in [1.54, 1.807) is 42.7 Å². The summed E-state index contributed by atoms with van der Waals surface area (Å²) in [5.74, 6) is -0.736. The van der Waals surface area contributed by atoms with E-state index in [1.165, 1.54) is 9.80 Å². The van der Waals surface area contributed by atoms with Crippen LogP contribution in [0.2, 0.25) is 0 Å². The largest absolute Gasteiger partial charge is 0.448 e. The lowest BCUT2D eigenvalue weighted by Gasteiger charge is -2.32. The van der Waals surface area contributed by atoms with Crippen LogP contribution in [-0.4, -0.2) is 79.0 Å². The predicted octanol–water partition coefficient (Wildman–Crippen LogP) is 2.71. The second kappa shape index (κ2) is 12.4. The van der Waals surface area contributed by atoms with Crippen LogP contribution < -0.4 is 5.32 Å². The zero-order chi connectivity index (χ0) is 21.3. The summed E-state index contributed by atoms with van der Waals surface area (Å²) in [7, 11) is 8.10. The van der Waals surface area contributed by atoms with Crippen LogP contribution in [0.1, 0.15) is 34.6 Å². The van der Waals surface area contributed by atoms with Gasteiger partial charge in [0.05, 0.1) is 0 Å². The zero-order valence-corrected chi connectivity index (χ0v) is 19.6. The lowest BCUT2D eigenvalue weighted by atomic mass is 9.99. The predicted molar refractivity (Wildman–Crippen MR) is 114 cm³/mol. The van der Waals surface area contributed by atoms with E-state index < -0.39 is 18.2 Å². The molecule has 7 nitrogen and oxygen atoms in total. The molecule has 0 fully saturated rings. The highest BCUT2D eigenvalue weighted by molar-refractivity contribution is 8.76. The number of hydrogen-bond donors (Lipinski definition) is 1. The fourth-order valence-corrected chi connectivity index (χ4v) is 4.16. The molecule has 0 aromatic carbocycles. The third-order valence-electron chi connectivity index (χ3n) is 3.98. The number of ether oxygens (including phenoxy) is 1. The smallest absolute Gasteiger partial charge is 0.410 e. The Labute approximate surface area is 171 Å². The van der Waals surface area contributed by atoms with Crippen molar-refractivity contribution >= 4 is 39.5 Å². The summed E-state index contributed by atoms with van der Waals surface area (Å²) in [6.07, 6.45) is 1.42. The summed E-state index contributed by atoms with van der Waals surface area (Å²) < 4.78 is 5.34. The van der Waals surface area contributed by atoms with Crippen LogP contribution in [0.15, 0.2) is 0 Å². The summed E-state index contributed by atoms with van der Waals surface area (Å²) in [5.41, 5.74) is 0. The first kappa shape index (κ1) is 25.9. The highest BCUT2D eigenvalue weighted by Gasteiger charge is 2.34. The number of rotatable bonds is 10. The van der Waals surface area contributed by atoms with Crippen molar-refractivity contribution in [2.45, 2.75) is 52.0 Å². The highest BCUT2D eigenvalue weighted by atomic mass is 33.1. The van der Waals surface area contributed by atoms with Gasteiger partial charge in [0.15, 0.2) is 0 Å². The van der Waals surface area contributed by atoms with Crippen LogP contribution in [0.4, 0.5) is 4.79 Å². The van der Waals surface area contributed by atoms with Crippen molar-refractivity contribution in [2.24, 2.45) is 11.8 Å². The van der Waals surface area contributed by atoms with E-state index in [4.69, 9.17) is 4.74 Å². The molecule has 3 amide bonds. The number of nitrogens with zero attached hydrogens (tertiary/aromatic N) is 2. The van der Waals surface area contributed by atoms with Crippen molar-refractivity contribution in [3.63, 3.8) is 0 Å².